The predicted molar refractivity (Wildman–Crippen MR) is 68.1 cm³/mol. The number of hydrogen-bond donors (Lipinski definition) is 1. The van der Waals surface area contributed by atoms with E-state index in [1.54, 1.807) is 0 Å². The monoisotopic (exact) mass is 310 g/mol. The standard InChI is InChI=1S/C13H14F4O2S/c14-8-5-9(15)11(17)12(10(8)16)19-6-13(7-20)1-3-18-4-2-13/h5,20H,1-4,6-7H2. The molecule has 0 spiro atoms. The number of rotatable bonds is 4. The van der Waals surface area contributed by atoms with Crippen LogP contribution in [0.3, 0.4) is 0 Å². The van der Waals surface area contributed by atoms with Gasteiger partial charge in [0.05, 0.1) is 6.61 Å². The lowest BCUT2D eigenvalue weighted by molar-refractivity contribution is 0.00146. The number of thiol groups is 1. The summed E-state index contributed by atoms with van der Waals surface area (Å²) in [6, 6.07) is 0.153. The third kappa shape index (κ3) is 3.03. The first-order valence-corrected chi connectivity index (χ1v) is 6.77. The van der Waals surface area contributed by atoms with Crippen molar-refractivity contribution in [3.8, 4) is 5.75 Å². The van der Waals surface area contributed by atoms with Crippen LogP contribution in [-0.2, 0) is 4.74 Å². The molecule has 0 bridgehead atoms. The van der Waals surface area contributed by atoms with Crippen LogP contribution in [0.5, 0.6) is 5.75 Å². The first-order valence-electron chi connectivity index (χ1n) is 6.13. The first kappa shape index (κ1) is 15.4. The smallest absolute Gasteiger partial charge is 0.203 e. The predicted octanol–water partition coefficient (Wildman–Crippen LogP) is 3.35. The molecule has 7 heteroatoms. The zero-order valence-corrected chi connectivity index (χ0v) is 11.5. The van der Waals surface area contributed by atoms with E-state index in [1.807, 2.05) is 0 Å². The molecule has 1 heterocycles. The summed E-state index contributed by atoms with van der Waals surface area (Å²) in [4.78, 5) is 0. The molecule has 2 rings (SSSR count). The van der Waals surface area contributed by atoms with E-state index in [9.17, 15) is 17.6 Å². The highest BCUT2D eigenvalue weighted by Crippen LogP contribution is 2.34. The van der Waals surface area contributed by atoms with Crippen LogP contribution >= 0.6 is 12.6 Å². The molecular weight excluding hydrogens is 296 g/mol. The summed E-state index contributed by atoms with van der Waals surface area (Å²) >= 11 is 4.22. The Hall–Kier alpha value is -0.950. The van der Waals surface area contributed by atoms with Gasteiger partial charge in [-0.15, -0.1) is 0 Å². The molecule has 2 nitrogen and oxygen atoms in total. The highest BCUT2D eigenvalue weighted by molar-refractivity contribution is 7.80. The van der Waals surface area contributed by atoms with Crippen molar-refractivity contribution in [1.82, 2.24) is 0 Å². The average molecular weight is 310 g/mol. The van der Waals surface area contributed by atoms with Gasteiger partial charge in [0.15, 0.2) is 17.4 Å². The van der Waals surface area contributed by atoms with Crippen LogP contribution in [0.4, 0.5) is 17.6 Å². The quantitative estimate of drug-likeness (QED) is 0.522. The summed E-state index contributed by atoms with van der Waals surface area (Å²) in [5.74, 6) is -6.60. The maximum absolute atomic E-state index is 13.5. The van der Waals surface area contributed by atoms with Crippen molar-refractivity contribution in [3.05, 3.63) is 29.3 Å². The van der Waals surface area contributed by atoms with Crippen LogP contribution in [0, 0.1) is 28.7 Å². The lowest BCUT2D eigenvalue weighted by atomic mass is 9.83. The van der Waals surface area contributed by atoms with E-state index in [4.69, 9.17) is 9.47 Å². The van der Waals surface area contributed by atoms with Crippen molar-refractivity contribution in [2.75, 3.05) is 25.6 Å². The van der Waals surface area contributed by atoms with Crippen molar-refractivity contribution >= 4 is 12.6 Å². The van der Waals surface area contributed by atoms with Crippen LogP contribution in [-0.4, -0.2) is 25.6 Å². The van der Waals surface area contributed by atoms with Gasteiger partial charge < -0.3 is 9.47 Å². The van der Waals surface area contributed by atoms with Gasteiger partial charge in [-0.3, -0.25) is 0 Å². The third-order valence-electron chi connectivity index (χ3n) is 3.48. The van der Waals surface area contributed by atoms with Gasteiger partial charge in [-0.05, 0) is 18.6 Å². The number of hydrogen-bond acceptors (Lipinski definition) is 3. The molecule has 1 saturated heterocycles. The molecule has 112 valence electrons. The van der Waals surface area contributed by atoms with Gasteiger partial charge in [-0.2, -0.15) is 21.4 Å². The van der Waals surface area contributed by atoms with Crippen LogP contribution < -0.4 is 4.74 Å². The molecule has 20 heavy (non-hydrogen) atoms. The van der Waals surface area contributed by atoms with E-state index in [0.717, 1.165) is 0 Å². The Bertz CT molecular complexity index is 463. The van der Waals surface area contributed by atoms with Crippen molar-refractivity contribution in [2.45, 2.75) is 12.8 Å². The number of ether oxygens (including phenoxy) is 2. The highest BCUT2D eigenvalue weighted by Gasteiger charge is 2.33. The topological polar surface area (TPSA) is 18.5 Å². The van der Waals surface area contributed by atoms with E-state index in [-0.39, 0.29) is 12.7 Å². The SMILES string of the molecule is Fc1cc(F)c(F)c(OCC2(CS)CCOCC2)c1F. The highest BCUT2D eigenvalue weighted by atomic mass is 32.1. The average Bonchev–Trinajstić information content (AvgIpc) is 2.46. The van der Waals surface area contributed by atoms with Crippen molar-refractivity contribution in [1.29, 1.82) is 0 Å². The second kappa shape index (κ2) is 6.22. The molecule has 0 aromatic heterocycles. The first-order chi connectivity index (χ1) is 9.49. The molecule has 0 amide bonds. The van der Waals surface area contributed by atoms with E-state index >= 15 is 0 Å². The number of halogens is 4. The third-order valence-corrected chi connectivity index (χ3v) is 4.15. The van der Waals surface area contributed by atoms with E-state index < -0.39 is 34.4 Å². The van der Waals surface area contributed by atoms with Crippen molar-refractivity contribution < 1.29 is 27.0 Å². The molecular formula is C13H14F4O2S. The van der Waals surface area contributed by atoms with Gasteiger partial charge in [0.2, 0.25) is 11.6 Å². The molecule has 1 aromatic carbocycles. The maximum Gasteiger partial charge on any atom is 0.203 e. The molecule has 1 aliphatic rings. The van der Waals surface area contributed by atoms with E-state index in [2.05, 4.69) is 12.6 Å². The lowest BCUT2D eigenvalue weighted by Crippen LogP contribution is -2.37. The summed E-state index contributed by atoms with van der Waals surface area (Å²) in [7, 11) is 0. The minimum Gasteiger partial charge on any atom is -0.487 e. The summed E-state index contributed by atoms with van der Waals surface area (Å²) < 4.78 is 63.3. The van der Waals surface area contributed by atoms with E-state index in [0.29, 0.717) is 31.8 Å². The summed E-state index contributed by atoms with van der Waals surface area (Å²) in [6.45, 7) is 0.912. The largest absolute Gasteiger partial charge is 0.487 e. The Morgan fingerprint density at radius 2 is 1.65 bits per heavy atom. The second-order valence-electron chi connectivity index (χ2n) is 4.86. The maximum atomic E-state index is 13.5. The van der Waals surface area contributed by atoms with Gasteiger partial charge in [0.1, 0.15) is 0 Å². The van der Waals surface area contributed by atoms with Gasteiger partial charge in [0, 0.05) is 24.7 Å². The molecule has 0 atom stereocenters. The lowest BCUT2D eigenvalue weighted by Gasteiger charge is -2.35. The van der Waals surface area contributed by atoms with Crippen LogP contribution in [0.15, 0.2) is 6.07 Å². The molecule has 0 aliphatic carbocycles. The van der Waals surface area contributed by atoms with Crippen molar-refractivity contribution in [3.63, 3.8) is 0 Å². The zero-order valence-electron chi connectivity index (χ0n) is 10.6. The molecule has 0 saturated carbocycles. The molecule has 1 aliphatic heterocycles. The summed E-state index contributed by atoms with van der Waals surface area (Å²) in [5.41, 5.74) is -0.414. The number of benzene rings is 1. The fourth-order valence-corrected chi connectivity index (χ4v) is 2.46. The normalized spacial score (nSPS) is 18.1. The Morgan fingerprint density at radius 3 is 2.15 bits per heavy atom. The summed E-state index contributed by atoms with van der Waals surface area (Å²) in [6.07, 6.45) is 1.22. The fourth-order valence-electron chi connectivity index (χ4n) is 2.06. The molecule has 0 N–H and O–H groups in total. The Labute approximate surface area is 119 Å². The summed E-state index contributed by atoms with van der Waals surface area (Å²) in [5, 5.41) is 0. The fraction of sp³-hybridized carbons (Fsp3) is 0.538. The van der Waals surface area contributed by atoms with Gasteiger partial charge in [0.25, 0.3) is 0 Å². The Kier molecular flexibility index (Phi) is 4.80. The molecule has 1 fully saturated rings. The minimum absolute atomic E-state index is 0.0728. The zero-order chi connectivity index (χ0) is 14.8. The Morgan fingerprint density at radius 1 is 1.10 bits per heavy atom. The molecule has 0 unspecified atom stereocenters. The molecule has 0 radical (unpaired) electrons. The van der Waals surface area contributed by atoms with Crippen LogP contribution in [0.1, 0.15) is 12.8 Å². The van der Waals surface area contributed by atoms with Gasteiger partial charge in [-0.25, -0.2) is 8.78 Å². The van der Waals surface area contributed by atoms with Crippen LogP contribution in [0.2, 0.25) is 0 Å². The van der Waals surface area contributed by atoms with Gasteiger partial charge in [-0.1, -0.05) is 0 Å². The molecule has 1 aromatic rings. The second-order valence-corrected chi connectivity index (χ2v) is 5.17. The van der Waals surface area contributed by atoms with E-state index in [1.165, 1.54) is 0 Å². The van der Waals surface area contributed by atoms with Crippen LogP contribution in [0.25, 0.3) is 0 Å². The van der Waals surface area contributed by atoms with Crippen molar-refractivity contribution in [2.24, 2.45) is 5.41 Å². The minimum atomic E-state index is -1.52. The van der Waals surface area contributed by atoms with Gasteiger partial charge >= 0.3 is 0 Å². The Balaban J connectivity index is 2.18.